The van der Waals surface area contributed by atoms with E-state index in [1.54, 1.807) is 12.1 Å². The van der Waals surface area contributed by atoms with Crippen molar-refractivity contribution in [1.82, 2.24) is 0 Å². The smallest absolute Gasteiger partial charge is 0.258 e. The lowest BCUT2D eigenvalue weighted by molar-refractivity contribution is -0.384. The predicted octanol–water partition coefficient (Wildman–Crippen LogP) is 2.38. The Morgan fingerprint density at radius 2 is 2.00 bits per heavy atom. The van der Waals surface area contributed by atoms with Crippen LogP contribution < -0.4 is 0 Å². The molecule has 1 N–H and O–H groups in total. The van der Waals surface area contributed by atoms with E-state index in [0.29, 0.717) is 0 Å². The van der Waals surface area contributed by atoms with Crippen LogP contribution in [0.2, 0.25) is 0 Å². The Morgan fingerprint density at radius 1 is 1.43 bits per heavy atom. The second kappa shape index (κ2) is 5.05. The molecule has 1 atom stereocenters. The summed E-state index contributed by atoms with van der Waals surface area (Å²) in [5.41, 5.74) is 0.121. The van der Waals surface area contributed by atoms with Crippen LogP contribution in [-0.4, -0.2) is 15.3 Å². The highest BCUT2D eigenvalue weighted by Crippen LogP contribution is 2.28. The molecule has 74 valence electrons. The number of rotatable bonds is 4. The zero-order valence-electron chi connectivity index (χ0n) is 6.99. The Balaban J connectivity index is 2.64. The standard InChI is InChI=1S/C7H6NO4PS/c9-8(10)6-1-3-7(4-2-6)14-5-13(11)12/h1-4H,5H2/p+1. The maximum Gasteiger partial charge on any atom is 0.516 e. The summed E-state index contributed by atoms with van der Waals surface area (Å²) in [5.74, 6) is 0. The summed E-state index contributed by atoms with van der Waals surface area (Å²) in [5, 5.41) is 10.3. The van der Waals surface area contributed by atoms with Gasteiger partial charge in [-0.25, -0.2) is 0 Å². The van der Waals surface area contributed by atoms with Crippen molar-refractivity contribution in [2.75, 3.05) is 5.49 Å². The minimum Gasteiger partial charge on any atom is -0.258 e. The Morgan fingerprint density at radius 3 is 2.43 bits per heavy atom. The van der Waals surface area contributed by atoms with E-state index in [0.717, 1.165) is 4.90 Å². The summed E-state index contributed by atoms with van der Waals surface area (Å²) >= 11 is 1.19. The molecule has 0 saturated heterocycles. The van der Waals surface area contributed by atoms with Crippen LogP contribution in [0, 0.1) is 10.1 Å². The number of nitrogens with zero attached hydrogens (tertiary/aromatic N) is 1. The molecule has 0 bridgehead atoms. The summed E-state index contributed by atoms with van der Waals surface area (Å²) in [4.78, 5) is 19.1. The third-order valence-electron chi connectivity index (χ3n) is 1.39. The quantitative estimate of drug-likeness (QED) is 0.373. The van der Waals surface area contributed by atoms with E-state index in [9.17, 15) is 14.7 Å². The van der Waals surface area contributed by atoms with Gasteiger partial charge in [-0.2, -0.15) is 4.89 Å². The van der Waals surface area contributed by atoms with E-state index in [2.05, 4.69) is 0 Å². The van der Waals surface area contributed by atoms with Crippen molar-refractivity contribution < 1.29 is 14.4 Å². The molecule has 0 saturated carbocycles. The van der Waals surface area contributed by atoms with Crippen LogP contribution >= 0.6 is 19.8 Å². The van der Waals surface area contributed by atoms with Crippen LogP contribution in [0.3, 0.4) is 0 Å². The Hall–Kier alpha value is -0.970. The molecule has 0 radical (unpaired) electrons. The number of hydrogen-bond acceptors (Lipinski definition) is 4. The fourth-order valence-corrected chi connectivity index (χ4v) is 2.16. The molecule has 1 rings (SSSR count). The van der Waals surface area contributed by atoms with Crippen molar-refractivity contribution in [1.29, 1.82) is 0 Å². The average Bonchev–Trinajstić information content (AvgIpc) is 2.15. The molecule has 0 aliphatic rings. The molecule has 1 aromatic carbocycles. The molecule has 1 unspecified atom stereocenters. The largest absolute Gasteiger partial charge is 0.516 e. The van der Waals surface area contributed by atoms with Gasteiger partial charge in [-0.05, 0) is 16.7 Å². The first-order valence-corrected chi connectivity index (χ1v) is 5.98. The molecule has 0 spiro atoms. The van der Waals surface area contributed by atoms with Gasteiger partial charge >= 0.3 is 8.03 Å². The van der Waals surface area contributed by atoms with Crippen LogP contribution in [0.1, 0.15) is 0 Å². The fraction of sp³-hybridized carbons (Fsp3) is 0.143. The summed E-state index contributed by atoms with van der Waals surface area (Å²) in [6.45, 7) is 0. The SMILES string of the molecule is O=[N+]([O-])c1ccc(SC[P+](=O)O)cc1. The lowest BCUT2D eigenvalue weighted by Gasteiger charge is -1.94. The van der Waals surface area contributed by atoms with E-state index >= 15 is 0 Å². The van der Waals surface area contributed by atoms with E-state index < -0.39 is 13.0 Å². The maximum atomic E-state index is 10.4. The molecule has 0 aliphatic heterocycles. The van der Waals surface area contributed by atoms with E-state index in [4.69, 9.17) is 4.89 Å². The molecule has 7 heteroatoms. The number of benzene rings is 1. The summed E-state index contributed by atoms with van der Waals surface area (Å²) in [6.07, 6.45) is 0. The third-order valence-corrected chi connectivity index (χ3v) is 3.39. The van der Waals surface area contributed by atoms with E-state index in [-0.39, 0.29) is 11.2 Å². The van der Waals surface area contributed by atoms with Gasteiger partial charge < -0.3 is 0 Å². The predicted molar refractivity (Wildman–Crippen MR) is 53.6 cm³/mol. The van der Waals surface area contributed by atoms with Crippen molar-refractivity contribution >= 4 is 25.5 Å². The Labute approximate surface area is 85.2 Å². The first-order chi connectivity index (χ1) is 6.59. The van der Waals surface area contributed by atoms with Gasteiger partial charge in [-0.3, -0.25) is 10.1 Å². The number of nitro groups is 1. The van der Waals surface area contributed by atoms with Gasteiger partial charge in [-0.1, -0.05) is 11.8 Å². The second-order valence-corrected chi connectivity index (χ2v) is 4.87. The van der Waals surface area contributed by atoms with E-state index in [1.807, 2.05) is 0 Å². The molecular formula is C7H7NO4PS+. The fourth-order valence-electron chi connectivity index (χ4n) is 0.794. The van der Waals surface area contributed by atoms with Gasteiger partial charge in [0.1, 0.15) is 0 Å². The molecule has 0 heterocycles. The lowest BCUT2D eigenvalue weighted by atomic mass is 10.3. The Bertz CT molecular complexity index is 353. The second-order valence-electron chi connectivity index (χ2n) is 2.38. The highest BCUT2D eigenvalue weighted by Gasteiger charge is 2.11. The van der Waals surface area contributed by atoms with Crippen LogP contribution in [0.4, 0.5) is 5.69 Å². The summed E-state index contributed by atoms with van der Waals surface area (Å²) < 4.78 is 10.4. The zero-order valence-corrected chi connectivity index (χ0v) is 8.70. The number of thioether (sulfide) groups is 1. The van der Waals surface area contributed by atoms with Gasteiger partial charge in [0.2, 0.25) is 5.49 Å². The van der Waals surface area contributed by atoms with E-state index in [1.165, 1.54) is 23.9 Å². The topological polar surface area (TPSA) is 80.4 Å². The third kappa shape index (κ3) is 3.41. The van der Waals surface area contributed by atoms with Crippen molar-refractivity contribution in [3.05, 3.63) is 34.4 Å². The molecular weight excluding hydrogens is 225 g/mol. The number of hydrogen-bond donors (Lipinski definition) is 1. The monoisotopic (exact) mass is 232 g/mol. The van der Waals surface area contributed by atoms with Crippen molar-refractivity contribution in [3.63, 3.8) is 0 Å². The van der Waals surface area contributed by atoms with Crippen molar-refractivity contribution in [3.8, 4) is 0 Å². The Kier molecular flexibility index (Phi) is 4.00. The molecule has 0 aromatic heterocycles. The lowest BCUT2D eigenvalue weighted by Crippen LogP contribution is -1.86. The van der Waals surface area contributed by atoms with Gasteiger partial charge in [0.15, 0.2) is 0 Å². The molecule has 5 nitrogen and oxygen atoms in total. The molecule has 0 fully saturated rings. The minimum atomic E-state index is -2.17. The minimum absolute atomic E-state index is 0.0164. The first kappa shape index (κ1) is 11.1. The molecule has 0 amide bonds. The molecule has 1 aromatic rings. The summed E-state index contributed by atoms with van der Waals surface area (Å²) in [6, 6.07) is 5.85. The van der Waals surface area contributed by atoms with Crippen molar-refractivity contribution in [2.45, 2.75) is 4.90 Å². The van der Waals surface area contributed by atoms with Gasteiger partial charge in [-0.15, -0.1) is 0 Å². The highest BCUT2D eigenvalue weighted by molar-refractivity contribution is 8.03. The maximum absolute atomic E-state index is 10.4. The van der Waals surface area contributed by atoms with Crippen LogP contribution in [0.25, 0.3) is 0 Å². The average molecular weight is 232 g/mol. The molecule has 14 heavy (non-hydrogen) atoms. The van der Waals surface area contributed by atoms with Crippen LogP contribution in [-0.2, 0) is 4.57 Å². The zero-order chi connectivity index (χ0) is 10.6. The molecule has 0 aliphatic carbocycles. The summed E-state index contributed by atoms with van der Waals surface area (Å²) in [7, 11) is -2.17. The van der Waals surface area contributed by atoms with Gasteiger partial charge in [0.25, 0.3) is 5.69 Å². The highest BCUT2D eigenvalue weighted by atomic mass is 32.2. The van der Waals surface area contributed by atoms with Crippen molar-refractivity contribution in [2.24, 2.45) is 0 Å². The van der Waals surface area contributed by atoms with Crippen LogP contribution in [0.5, 0.6) is 0 Å². The normalized spacial score (nSPS) is 11.1. The number of nitro benzene ring substituents is 1. The number of non-ortho nitro benzene ring substituents is 1. The van der Waals surface area contributed by atoms with Gasteiger partial charge in [0.05, 0.1) is 4.92 Å². The first-order valence-electron chi connectivity index (χ1n) is 3.60. The van der Waals surface area contributed by atoms with Gasteiger partial charge in [0, 0.05) is 17.0 Å². The van der Waals surface area contributed by atoms with Crippen LogP contribution in [0.15, 0.2) is 29.2 Å².